The number of anilines is 1. The van der Waals surface area contributed by atoms with Crippen LogP contribution in [0.1, 0.15) is 5.56 Å². The molecule has 6 heteroatoms. The Morgan fingerprint density at radius 2 is 2.09 bits per heavy atom. The van der Waals surface area contributed by atoms with Crippen LogP contribution in [-0.4, -0.2) is 11.0 Å². The zero-order chi connectivity index (χ0) is 16.4. The topological polar surface area (TPSA) is 59.2 Å². The smallest absolute Gasteiger partial charge is 0.319 e. The summed E-state index contributed by atoms with van der Waals surface area (Å²) in [5.41, 5.74) is 6.89. The predicted molar refractivity (Wildman–Crippen MR) is 88.9 cm³/mol. The first kappa shape index (κ1) is 15.2. The lowest BCUT2D eigenvalue weighted by molar-refractivity contribution is 0.253. The van der Waals surface area contributed by atoms with Gasteiger partial charge in [-0.1, -0.05) is 29.8 Å². The van der Waals surface area contributed by atoms with E-state index in [1.807, 2.05) is 18.2 Å². The highest BCUT2D eigenvalue weighted by molar-refractivity contribution is 6.30. The van der Waals surface area contributed by atoms with Crippen LogP contribution in [0.15, 0.2) is 54.9 Å². The van der Waals surface area contributed by atoms with E-state index in [2.05, 4.69) is 4.98 Å². The SMILES string of the molecule is NC(=O)N(Cc1ccc(F)c(Cl)c1)c1cccc2cnccc12. The first-order valence-electron chi connectivity index (χ1n) is 6.90. The van der Waals surface area contributed by atoms with E-state index >= 15 is 0 Å². The van der Waals surface area contributed by atoms with E-state index in [0.717, 1.165) is 10.8 Å². The number of hydrogen-bond acceptors (Lipinski definition) is 2. The lowest BCUT2D eigenvalue weighted by Gasteiger charge is -2.22. The number of urea groups is 1. The van der Waals surface area contributed by atoms with Crippen molar-refractivity contribution in [2.45, 2.75) is 6.54 Å². The van der Waals surface area contributed by atoms with Gasteiger partial charge in [0.15, 0.2) is 0 Å². The largest absolute Gasteiger partial charge is 0.351 e. The zero-order valence-corrected chi connectivity index (χ0v) is 12.8. The molecule has 2 N–H and O–H groups in total. The first-order valence-corrected chi connectivity index (χ1v) is 7.27. The molecule has 116 valence electrons. The molecule has 0 atom stereocenters. The number of carbonyl (C=O) groups is 1. The van der Waals surface area contributed by atoms with E-state index in [4.69, 9.17) is 17.3 Å². The van der Waals surface area contributed by atoms with Gasteiger partial charge in [0.2, 0.25) is 0 Å². The quantitative estimate of drug-likeness (QED) is 0.786. The molecule has 2 amide bonds. The summed E-state index contributed by atoms with van der Waals surface area (Å²) in [5, 5.41) is 1.76. The maximum absolute atomic E-state index is 13.3. The van der Waals surface area contributed by atoms with Crippen LogP contribution >= 0.6 is 11.6 Å². The van der Waals surface area contributed by atoms with Gasteiger partial charge in [0, 0.05) is 23.2 Å². The lowest BCUT2D eigenvalue weighted by Crippen LogP contribution is -2.35. The Kier molecular flexibility index (Phi) is 4.12. The molecule has 0 radical (unpaired) electrons. The number of pyridine rings is 1. The molecular formula is C17H13ClFN3O. The highest BCUT2D eigenvalue weighted by Gasteiger charge is 2.16. The molecule has 0 saturated heterocycles. The van der Waals surface area contributed by atoms with Gasteiger partial charge in [-0.15, -0.1) is 0 Å². The number of halogens is 2. The molecule has 3 aromatic rings. The molecule has 0 saturated carbocycles. The molecule has 0 bridgehead atoms. The van der Waals surface area contributed by atoms with Crippen molar-refractivity contribution in [3.63, 3.8) is 0 Å². The molecule has 0 spiro atoms. The van der Waals surface area contributed by atoms with Crippen LogP contribution in [0.2, 0.25) is 5.02 Å². The Morgan fingerprint density at radius 3 is 2.83 bits per heavy atom. The normalized spacial score (nSPS) is 10.7. The molecule has 0 aliphatic carbocycles. The second kappa shape index (κ2) is 6.22. The number of nitrogens with zero attached hydrogens (tertiary/aromatic N) is 2. The second-order valence-corrected chi connectivity index (χ2v) is 5.45. The van der Waals surface area contributed by atoms with E-state index in [1.165, 1.54) is 17.0 Å². The standard InChI is InChI=1S/C17H13ClFN3O/c18-14-8-11(4-5-15(14)19)10-22(17(20)23)16-3-1-2-12-9-21-7-6-13(12)16/h1-9H,10H2,(H2,20,23). The molecule has 0 unspecified atom stereocenters. The van der Waals surface area contributed by atoms with Gasteiger partial charge in [-0.3, -0.25) is 9.88 Å². The van der Waals surface area contributed by atoms with Crippen molar-refractivity contribution >= 4 is 34.1 Å². The third-order valence-corrected chi connectivity index (χ3v) is 3.83. The number of carbonyl (C=O) groups excluding carboxylic acids is 1. The number of primary amides is 1. The number of rotatable bonds is 3. The highest BCUT2D eigenvalue weighted by atomic mass is 35.5. The number of benzene rings is 2. The van der Waals surface area contributed by atoms with Gasteiger partial charge in [0.1, 0.15) is 5.82 Å². The van der Waals surface area contributed by atoms with Crippen molar-refractivity contribution in [3.8, 4) is 0 Å². The average molecular weight is 330 g/mol. The molecule has 2 aromatic carbocycles. The van der Waals surface area contributed by atoms with Gasteiger partial charge in [0.25, 0.3) is 0 Å². The number of fused-ring (bicyclic) bond motifs is 1. The van der Waals surface area contributed by atoms with Gasteiger partial charge in [0.05, 0.1) is 17.3 Å². The van der Waals surface area contributed by atoms with E-state index < -0.39 is 11.8 Å². The summed E-state index contributed by atoms with van der Waals surface area (Å²) in [5.74, 6) is -0.503. The van der Waals surface area contributed by atoms with Crippen molar-refractivity contribution in [3.05, 3.63) is 71.3 Å². The van der Waals surface area contributed by atoms with Crippen LogP contribution in [-0.2, 0) is 6.54 Å². The molecule has 1 heterocycles. The fourth-order valence-corrected chi connectivity index (χ4v) is 2.65. The van der Waals surface area contributed by atoms with Crippen LogP contribution in [0.4, 0.5) is 14.9 Å². The summed E-state index contributed by atoms with van der Waals surface area (Å²) < 4.78 is 13.3. The maximum atomic E-state index is 13.3. The second-order valence-electron chi connectivity index (χ2n) is 5.05. The molecule has 0 fully saturated rings. The Labute approximate surface area is 137 Å². The van der Waals surface area contributed by atoms with Crippen molar-refractivity contribution in [2.75, 3.05) is 4.90 Å². The zero-order valence-electron chi connectivity index (χ0n) is 12.0. The van der Waals surface area contributed by atoms with Crippen LogP contribution in [0.25, 0.3) is 10.8 Å². The summed E-state index contributed by atoms with van der Waals surface area (Å²) in [6, 6.07) is 11.1. The van der Waals surface area contributed by atoms with Crippen LogP contribution in [0, 0.1) is 5.82 Å². The Hall–Kier alpha value is -2.66. The number of hydrogen-bond donors (Lipinski definition) is 1. The third-order valence-electron chi connectivity index (χ3n) is 3.54. The minimum absolute atomic E-state index is 0.00837. The molecule has 0 aliphatic heterocycles. The van der Waals surface area contributed by atoms with Gasteiger partial charge in [-0.05, 0) is 29.8 Å². The van der Waals surface area contributed by atoms with Gasteiger partial charge >= 0.3 is 6.03 Å². The van der Waals surface area contributed by atoms with Gasteiger partial charge < -0.3 is 5.73 Å². The molecule has 3 rings (SSSR count). The van der Waals surface area contributed by atoms with Crippen LogP contribution in [0.3, 0.4) is 0 Å². The summed E-state index contributed by atoms with van der Waals surface area (Å²) >= 11 is 5.80. The lowest BCUT2D eigenvalue weighted by atomic mass is 10.1. The van der Waals surface area contributed by atoms with Crippen LogP contribution in [0.5, 0.6) is 0 Å². The Balaban J connectivity index is 2.04. The van der Waals surface area contributed by atoms with Gasteiger partial charge in [-0.2, -0.15) is 0 Å². The van der Waals surface area contributed by atoms with Crippen LogP contribution < -0.4 is 10.6 Å². The number of aromatic nitrogens is 1. The number of amides is 2. The van der Waals surface area contributed by atoms with Crippen molar-refractivity contribution < 1.29 is 9.18 Å². The molecular weight excluding hydrogens is 317 g/mol. The van der Waals surface area contributed by atoms with E-state index in [-0.39, 0.29) is 11.6 Å². The first-order chi connectivity index (χ1) is 11.1. The summed E-state index contributed by atoms with van der Waals surface area (Å²) in [6.45, 7) is 0.191. The molecule has 23 heavy (non-hydrogen) atoms. The monoisotopic (exact) mass is 329 g/mol. The molecule has 1 aromatic heterocycles. The molecule has 4 nitrogen and oxygen atoms in total. The average Bonchev–Trinajstić information content (AvgIpc) is 2.55. The Morgan fingerprint density at radius 1 is 1.26 bits per heavy atom. The summed E-state index contributed by atoms with van der Waals surface area (Å²) in [4.78, 5) is 17.4. The van der Waals surface area contributed by atoms with Crippen molar-refractivity contribution in [2.24, 2.45) is 5.73 Å². The Bertz CT molecular complexity index is 879. The molecule has 0 aliphatic rings. The fourth-order valence-electron chi connectivity index (χ4n) is 2.44. The minimum Gasteiger partial charge on any atom is -0.351 e. The summed E-state index contributed by atoms with van der Waals surface area (Å²) in [6.07, 6.45) is 3.37. The minimum atomic E-state index is -0.602. The maximum Gasteiger partial charge on any atom is 0.319 e. The van der Waals surface area contributed by atoms with Crippen molar-refractivity contribution in [1.29, 1.82) is 0 Å². The third kappa shape index (κ3) is 3.10. The van der Waals surface area contributed by atoms with Gasteiger partial charge in [-0.25, -0.2) is 9.18 Å². The highest BCUT2D eigenvalue weighted by Crippen LogP contribution is 2.28. The predicted octanol–water partition coefficient (Wildman–Crippen LogP) is 4.11. The van der Waals surface area contributed by atoms with E-state index in [9.17, 15) is 9.18 Å². The van der Waals surface area contributed by atoms with E-state index in [0.29, 0.717) is 11.3 Å². The van der Waals surface area contributed by atoms with Crippen molar-refractivity contribution in [1.82, 2.24) is 4.98 Å². The summed E-state index contributed by atoms with van der Waals surface area (Å²) in [7, 11) is 0. The van der Waals surface area contributed by atoms with E-state index in [1.54, 1.807) is 24.5 Å². The number of nitrogens with two attached hydrogens (primary N) is 1. The fraction of sp³-hybridized carbons (Fsp3) is 0.0588.